The summed E-state index contributed by atoms with van der Waals surface area (Å²) in [4.78, 5) is 2.55. The van der Waals surface area contributed by atoms with Crippen molar-refractivity contribution in [3.05, 3.63) is 71.8 Å². The molecule has 1 unspecified atom stereocenters. The number of nitrogens with zero attached hydrogens (tertiary/aromatic N) is 1. The second kappa shape index (κ2) is 5.36. The molecule has 92 valence electrons. The van der Waals surface area contributed by atoms with Crippen LogP contribution in [0.3, 0.4) is 0 Å². The molecular formula is C17H19N. The van der Waals surface area contributed by atoms with Gasteiger partial charge < -0.3 is 0 Å². The highest BCUT2D eigenvalue weighted by atomic mass is 15.3. The lowest BCUT2D eigenvalue weighted by atomic mass is 10.1. The van der Waals surface area contributed by atoms with E-state index in [1.54, 1.807) is 0 Å². The summed E-state index contributed by atoms with van der Waals surface area (Å²) in [7, 11) is 0. The van der Waals surface area contributed by atoms with Crippen LogP contribution in [0.1, 0.15) is 23.6 Å². The van der Waals surface area contributed by atoms with Gasteiger partial charge in [-0.2, -0.15) is 0 Å². The molecule has 1 heterocycles. The van der Waals surface area contributed by atoms with Crippen LogP contribution >= 0.6 is 0 Å². The molecule has 0 N–H and O–H groups in total. The Bertz CT molecular complexity index is 477. The zero-order valence-electron chi connectivity index (χ0n) is 10.6. The lowest BCUT2D eigenvalue weighted by molar-refractivity contribution is 0.495. The molecule has 1 aliphatic heterocycles. The number of aryl methyl sites for hydroxylation is 1. The molecule has 1 fully saturated rings. The summed E-state index contributed by atoms with van der Waals surface area (Å²) in [5.41, 5.74) is 2.92. The van der Waals surface area contributed by atoms with Crippen LogP contribution in [0.5, 0.6) is 0 Å². The Morgan fingerprint density at radius 2 is 1.56 bits per heavy atom. The van der Waals surface area contributed by atoms with Crippen LogP contribution in [0.4, 0.5) is 0 Å². The first-order valence-electron chi connectivity index (χ1n) is 6.76. The molecule has 2 aromatic rings. The number of benzene rings is 2. The second-order valence-corrected chi connectivity index (χ2v) is 5.01. The van der Waals surface area contributed by atoms with Crippen LogP contribution in [-0.4, -0.2) is 18.0 Å². The van der Waals surface area contributed by atoms with Crippen molar-refractivity contribution in [2.45, 2.75) is 18.9 Å². The Kier molecular flexibility index (Phi) is 3.42. The molecule has 0 saturated carbocycles. The molecule has 0 radical (unpaired) electrons. The lowest BCUT2D eigenvalue weighted by Gasteiger charge is -2.04. The van der Waals surface area contributed by atoms with Gasteiger partial charge in [-0.3, -0.25) is 4.90 Å². The standard InChI is InChI=1S/C17H19N/c1-3-8-15(9-4-1)10-7-13-18-14-17(18)16-11-5-2-6-12-16/h1-6,8-9,11-12,17H,7,10,13-14H2/t17-,18?/m1/s1. The summed E-state index contributed by atoms with van der Waals surface area (Å²) in [5.74, 6) is 0. The quantitative estimate of drug-likeness (QED) is 0.717. The molecule has 0 aromatic heterocycles. The maximum atomic E-state index is 2.55. The van der Waals surface area contributed by atoms with Gasteiger partial charge in [0.25, 0.3) is 0 Å². The Labute approximate surface area is 109 Å². The minimum atomic E-state index is 0.682. The molecule has 1 heteroatoms. The molecule has 1 saturated heterocycles. The van der Waals surface area contributed by atoms with Crippen LogP contribution in [0.15, 0.2) is 60.7 Å². The van der Waals surface area contributed by atoms with Crippen LogP contribution < -0.4 is 0 Å². The maximum Gasteiger partial charge on any atom is 0.0476 e. The predicted molar refractivity (Wildman–Crippen MR) is 75.5 cm³/mol. The molecule has 2 atom stereocenters. The van der Waals surface area contributed by atoms with E-state index >= 15 is 0 Å². The van der Waals surface area contributed by atoms with Gasteiger partial charge in [0.05, 0.1) is 0 Å². The molecule has 1 nitrogen and oxygen atoms in total. The molecule has 18 heavy (non-hydrogen) atoms. The predicted octanol–water partition coefficient (Wildman–Crippen LogP) is 3.68. The third-order valence-electron chi connectivity index (χ3n) is 3.65. The summed E-state index contributed by atoms with van der Waals surface area (Å²) in [6, 6.07) is 22.3. The molecular weight excluding hydrogens is 218 g/mol. The molecule has 0 bridgehead atoms. The summed E-state index contributed by atoms with van der Waals surface area (Å²) in [6.07, 6.45) is 2.45. The van der Waals surface area contributed by atoms with Crippen LogP contribution in [0.25, 0.3) is 0 Å². The normalized spacial score (nSPS) is 21.8. The number of hydrogen-bond donors (Lipinski definition) is 0. The molecule has 0 spiro atoms. The number of rotatable bonds is 5. The van der Waals surface area contributed by atoms with Gasteiger partial charge in [-0.25, -0.2) is 0 Å². The SMILES string of the molecule is c1ccc(CCCN2C[C@@H]2c2ccccc2)cc1. The Hall–Kier alpha value is -1.60. The summed E-state index contributed by atoms with van der Waals surface area (Å²) in [5, 5.41) is 0. The first kappa shape index (κ1) is 11.5. The van der Waals surface area contributed by atoms with E-state index in [1.807, 2.05) is 0 Å². The lowest BCUT2D eigenvalue weighted by Crippen LogP contribution is -2.02. The highest BCUT2D eigenvalue weighted by molar-refractivity contribution is 5.23. The average molecular weight is 237 g/mol. The van der Waals surface area contributed by atoms with E-state index < -0.39 is 0 Å². The fraction of sp³-hybridized carbons (Fsp3) is 0.294. The Morgan fingerprint density at radius 3 is 2.28 bits per heavy atom. The van der Waals surface area contributed by atoms with Crippen molar-refractivity contribution in [1.29, 1.82) is 0 Å². The van der Waals surface area contributed by atoms with E-state index in [0.29, 0.717) is 6.04 Å². The zero-order chi connectivity index (χ0) is 12.2. The highest BCUT2D eigenvalue weighted by Crippen LogP contribution is 2.34. The second-order valence-electron chi connectivity index (χ2n) is 5.01. The number of hydrogen-bond acceptors (Lipinski definition) is 1. The Morgan fingerprint density at radius 1 is 0.889 bits per heavy atom. The summed E-state index contributed by atoms with van der Waals surface area (Å²) < 4.78 is 0. The van der Waals surface area contributed by atoms with Crippen molar-refractivity contribution in [3.63, 3.8) is 0 Å². The van der Waals surface area contributed by atoms with E-state index in [4.69, 9.17) is 0 Å². The van der Waals surface area contributed by atoms with Crippen molar-refractivity contribution < 1.29 is 0 Å². The fourth-order valence-corrected chi connectivity index (χ4v) is 2.54. The van der Waals surface area contributed by atoms with Crippen LogP contribution in [-0.2, 0) is 6.42 Å². The van der Waals surface area contributed by atoms with Gasteiger partial charge in [-0.05, 0) is 30.5 Å². The van der Waals surface area contributed by atoms with E-state index in [0.717, 1.165) is 0 Å². The van der Waals surface area contributed by atoms with Crippen LogP contribution in [0.2, 0.25) is 0 Å². The third kappa shape index (κ3) is 2.80. The largest absolute Gasteiger partial charge is 0.293 e. The van der Waals surface area contributed by atoms with Crippen molar-refractivity contribution >= 4 is 0 Å². The van der Waals surface area contributed by atoms with Crippen molar-refractivity contribution in [2.75, 3.05) is 13.1 Å². The monoisotopic (exact) mass is 237 g/mol. The summed E-state index contributed by atoms with van der Waals surface area (Å²) >= 11 is 0. The molecule has 1 aliphatic rings. The maximum absolute atomic E-state index is 2.55. The van der Waals surface area contributed by atoms with Gasteiger partial charge in [0.2, 0.25) is 0 Å². The van der Waals surface area contributed by atoms with E-state index in [1.165, 1.54) is 37.1 Å². The first-order valence-corrected chi connectivity index (χ1v) is 6.76. The zero-order valence-corrected chi connectivity index (χ0v) is 10.6. The van der Waals surface area contributed by atoms with E-state index in [9.17, 15) is 0 Å². The van der Waals surface area contributed by atoms with Gasteiger partial charge in [-0.1, -0.05) is 60.7 Å². The molecule has 0 aliphatic carbocycles. The minimum Gasteiger partial charge on any atom is -0.293 e. The molecule has 2 aromatic carbocycles. The first-order chi connectivity index (χ1) is 8.93. The highest BCUT2D eigenvalue weighted by Gasteiger charge is 2.33. The van der Waals surface area contributed by atoms with Crippen LogP contribution in [0, 0.1) is 0 Å². The van der Waals surface area contributed by atoms with E-state index in [2.05, 4.69) is 65.6 Å². The van der Waals surface area contributed by atoms with E-state index in [-0.39, 0.29) is 0 Å². The third-order valence-corrected chi connectivity index (χ3v) is 3.65. The van der Waals surface area contributed by atoms with Gasteiger partial charge in [-0.15, -0.1) is 0 Å². The summed E-state index contributed by atoms with van der Waals surface area (Å²) in [6.45, 7) is 2.45. The van der Waals surface area contributed by atoms with Gasteiger partial charge in [0.15, 0.2) is 0 Å². The smallest absolute Gasteiger partial charge is 0.0476 e. The average Bonchev–Trinajstić information content (AvgIpc) is 3.21. The van der Waals surface area contributed by atoms with Gasteiger partial charge in [0.1, 0.15) is 0 Å². The topological polar surface area (TPSA) is 3.01 Å². The molecule has 0 amide bonds. The molecule has 3 rings (SSSR count). The Balaban J connectivity index is 1.44. The van der Waals surface area contributed by atoms with Gasteiger partial charge in [0, 0.05) is 12.6 Å². The van der Waals surface area contributed by atoms with Gasteiger partial charge >= 0.3 is 0 Å². The van der Waals surface area contributed by atoms with Crippen molar-refractivity contribution in [1.82, 2.24) is 4.90 Å². The minimum absolute atomic E-state index is 0.682. The van der Waals surface area contributed by atoms with Crippen molar-refractivity contribution in [3.8, 4) is 0 Å². The fourth-order valence-electron chi connectivity index (χ4n) is 2.54. The van der Waals surface area contributed by atoms with Crippen molar-refractivity contribution in [2.24, 2.45) is 0 Å².